The first-order chi connectivity index (χ1) is 18.1. The van der Waals surface area contributed by atoms with E-state index in [1.165, 1.54) is 26.4 Å². The Kier molecular flexibility index (Phi) is 8.51. The van der Waals surface area contributed by atoms with Gasteiger partial charge in [-0.1, -0.05) is 23.7 Å². The van der Waals surface area contributed by atoms with Crippen molar-refractivity contribution < 1.29 is 17.9 Å². The van der Waals surface area contributed by atoms with Crippen LogP contribution in [-0.4, -0.2) is 92.8 Å². The van der Waals surface area contributed by atoms with Gasteiger partial charge in [0.05, 0.1) is 19.0 Å². The Morgan fingerprint density at radius 3 is 2.53 bits per heavy atom. The number of anilines is 2. The lowest BCUT2D eigenvalue weighted by molar-refractivity contribution is 0.0664. The zero-order chi connectivity index (χ0) is 27.4. The topological polar surface area (TPSA) is 108 Å². The van der Waals surface area contributed by atoms with Crippen LogP contribution in [-0.2, 0) is 16.4 Å². The van der Waals surface area contributed by atoms with Crippen LogP contribution in [0.2, 0.25) is 5.02 Å². The summed E-state index contributed by atoms with van der Waals surface area (Å²) in [6, 6.07) is 11.9. The van der Waals surface area contributed by atoms with Crippen molar-refractivity contribution >= 4 is 39.0 Å². The highest BCUT2D eigenvalue weighted by Crippen LogP contribution is 2.30. The Hall–Kier alpha value is -3.25. The molecule has 1 saturated heterocycles. The smallest absolute Gasteiger partial charge is 0.253 e. The number of benzene rings is 2. The molecule has 4 rings (SSSR count). The van der Waals surface area contributed by atoms with E-state index in [0.29, 0.717) is 35.9 Å². The van der Waals surface area contributed by atoms with Crippen LogP contribution in [0.15, 0.2) is 53.6 Å². The highest BCUT2D eigenvalue weighted by Gasteiger charge is 2.23. The average Bonchev–Trinajstić information content (AvgIpc) is 2.90. The number of piperazine rings is 1. The second-order valence-electron chi connectivity index (χ2n) is 9.19. The zero-order valence-corrected chi connectivity index (χ0v) is 23.4. The second-order valence-corrected chi connectivity index (χ2v) is 11.7. The fourth-order valence-corrected chi connectivity index (χ4v) is 5.29. The summed E-state index contributed by atoms with van der Waals surface area (Å²) in [5, 5.41) is 3.28. The molecular weight excluding hydrogens is 528 g/mol. The van der Waals surface area contributed by atoms with E-state index in [0.717, 1.165) is 23.0 Å². The molecular formula is C26H31ClN6O4S. The van der Waals surface area contributed by atoms with Crippen LogP contribution in [0, 0.1) is 0 Å². The molecule has 1 N–H and O–H groups in total. The standard InChI is InChI=1S/C26H31ClN6O4S/c1-31(2)38(35,36)23-8-6-5-7-21(23)29-25-20(27)17-28-24(30-25)16-19-15-18(9-10-22(19)37-4)26(34)33-13-11-32(3)12-14-33/h5-10,15,17H,11-14,16H2,1-4H3,(H,28,29,30). The number of amides is 1. The molecule has 0 spiro atoms. The number of carbonyl (C=O) groups is 1. The number of sulfonamides is 1. The minimum absolute atomic E-state index is 0.0277. The first-order valence-corrected chi connectivity index (χ1v) is 13.9. The molecule has 1 fully saturated rings. The van der Waals surface area contributed by atoms with Crippen molar-refractivity contribution in [1.29, 1.82) is 0 Å². The molecule has 1 aromatic heterocycles. The summed E-state index contributed by atoms with van der Waals surface area (Å²) in [5.74, 6) is 1.27. The molecule has 2 heterocycles. The molecule has 2 aromatic carbocycles. The molecule has 38 heavy (non-hydrogen) atoms. The average molecular weight is 559 g/mol. The Bertz CT molecular complexity index is 1420. The molecule has 0 saturated carbocycles. The van der Waals surface area contributed by atoms with Crippen LogP contribution < -0.4 is 10.1 Å². The summed E-state index contributed by atoms with van der Waals surface area (Å²) in [4.78, 5) is 26.2. The Morgan fingerprint density at radius 2 is 1.84 bits per heavy atom. The van der Waals surface area contributed by atoms with Crippen molar-refractivity contribution in [1.82, 2.24) is 24.1 Å². The number of aromatic nitrogens is 2. The maximum absolute atomic E-state index is 13.1. The molecule has 1 amide bonds. The van der Waals surface area contributed by atoms with Gasteiger partial charge in [-0.15, -0.1) is 0 Å². The van der Waals surface area contributed by atoms with Gasteiger partial charge in [0.1, 0.15) is 21.5 Å². The maximum Gasteiger partial charge on any atom is 0.253 e. The predicted molar refractivity (Wildman–Crippen MR) is 147 cm³/mol. The van der Waals surface area contributed by atoms with E-state index in [1.54, 1.807) is 37.4 Å². The van der Waals surface area contributed by atoms with Gasteiger partial charge in [0.2, 0.25) is 10.0 Å². The van der Waals surface area contributed by atoms with Crippen molar-refractivity contribution in [3.8, 4) is 5.75 Å². The summed E-state index contributed by atoms with van der Waals surface area (Å²) in [6.45, 7) is 3.03. The molecule has 12 heteroatoms. The summed E-state index contributed by atoms with van der Waals surface area (Å²) in [7, 11) is 2.85. The fourth-order valence-electron chi connectivity index (χ4n) is 4.11. The van der Waals surface area contributed by atoms with E-state index in [2.05, 4.69) is 20.2 Å². The van der Waals surface area contributed by atoms with Gasteiger partial charge in [-0.2, -0.15) is 0 Å². The Balaban J connectivity index is 1.61. The lowest BCUT2D eigenvalue weighted by atomic mass is 10.0. The summed E-state index contributed by atoms with van der Waals surface area (Å²) < 4.78 is 32.3. The summed E-state index contributed by atoms with van der Waals surface area (Å²) >= 11 is 6.37. The van der Waals surface area contributed by atoms with E-state index in [1.807, 2.05) is 18.0 Å². The van der Waals surface area contributed by atoms with Crippen LogP contribution >= 0.6 is 11.6 Å². The van der Waals surface area contributed by atoms with Crippen LogP contribution in [0.3, 0.4) is 0 Å². The zero-order valence-electron chi connectivity index (χ0n) is 21.8. The minimum Gasteiger partial charge on any atom is -0.496 e. The molecule has 202 valence electrons. The molecule has 0 atom stereocenters. The number of nitrogens with zero attached hydrogens (tertiary/aromatic N) is 5. The maximum atomic E-state index is 13.1. The number of rotatable bonds is 8. The third kappa shape index (κ3) is 6.07. The van der Waals surface area contributed by atoms with E-state index in [9.17, 15) is 13.2 Å². The van der Waals surface area contributed by atoms with E-state index >= 15 is 0 Å². The van der Waals surface area contributed by atoms with Crippen LogP contribution in [0.1, 0.15) is 21.7 Å². The number of likely N-dealkylation sites (N-methyl/N-ethyl adjacent to an activating group) is 1. The van der Waals surface area contributed by atoms with Gasteiger partial charge in [-0.3, -0.25) is 4.79 Å². The van der Waals surface area contributed by atoms with Crippen molar-refractivity contribution in [3.05, 3.63) is 70.6 Å². The van der Waals surface area contributed by atoms with Crippen molar-refractivity contribution in [3.63, 3.8) is 0 Å². The predicted octanol–water partition coefficient (Wildman–Crippen LogP) is 3.11. The number of hydrogen-bond donors (Lipinski definition) is 1. The van der Waals surface area contributed by atoms with Crippen molar-refractivity contribution in [2.45, 2.75) is 11.3 Å². The molecule has 1 aliphatic rings. The number of ether oxygens (including phenoxy) is 1. The van der Waals surface area contributed by atoms with E-state index in [-0.39, 0.29) is 28.1 Å². The Morgan fingerprint density at radius 1 is 1.13 bits per heavy atom. The molecule has 0 bridgehead atoms. The van der Waals surface area contributed by atoms with Gasteiger partial charge in [-0.25, -0.2) is 22.7 Å². The third-order valence-corrected chi connectivity index (χ3v) is 8.51. The van der Waals surface area contributed by atoms with Crippen LogP contribution in [0.4, 0.5) is 11.5 Å². The normalized spacial score (nSPS) is 14.5. The largest absolute Gasteiger partial charge is 0.496 e. The van der Waals surface area contributed by atoms with Gasteiger partial charge in [0.25, 0.3) is 5.91 Å². The van der Waals surface area contributed by atoms with Crippen LogP contribution in [0.25, 0.3) is 0 Å². The summed E-state index contributed by atoms with van der Waals surface area (Å²) in [6.07, 6.45) is 1.73. The van der Waals surface area contributed by atoms with Crippen LogP contribution in [0.5, 0.6) is 5.75 Å². The highest BCUT2D eigenvalue weighted by atomic mass is 35.5. The number of carbonyl (C=O) groups excluding carboxylic acids is 1. The summed E-state index contributed by atoms with van der Waals surface area (Å²) in [5.41, 5.74) is 1.65. The molecule has 0 radical (unpaired) electrons. The number of hydrogen-bond acceptors (Lipinski definition) is 8. The monoisotopic (exact) mass is 558 g/mol. The number of methoxy groups -OCH3 is 1. The van der Waals surface area contributed by atoms with Gasteiger partial charge in [-0.05, 0) is 37.4 Å². The van der Waals surface area contributed by atoms with E-state index in [4.69, 9.17) is 16.3 Å². The van der Waals surface area contributed by atoms with Gasteiger partial charge in [0, 0.05) is 57.8 Å². The highest BCUT2D eigenvalue weighted by molar-refractivity contribution is 7.89. The number of nitrogens with one attached hydrogen (secondary N) is 1. The van der Waals surface area contributed by atoms with E-state index < -0.39 is 10.0 Å². The SMILES string of the molecule is COc1ccc(C(=O)N2CCN(C)CC2)cc1Cc1ncc(Cl)c(Nc2ccccc2S(=O)(=O)N(C)C)n1. The van der Waals surface area contributed by atoms with Gasteiger partial charge < -0.3 is 19.9 Å². The third-order valence-electron chi connectivity index (χ3n) is 6.36. The minimum atomic E-state index is -3.70. The molecule has 1 aliphatic heterocycles. The molecule has 0 unspecified atom stereocenters. The van der Waals surface area contributed by atoms with Crippen molar-refractivity contribution in [2.24, 2.45) is 0 Å². The quantitative estimate of drug-likeness (QED) is 0.449. The van der Waals surface area contributed by atoms with Gasteiger partial charge >= 0.3 is 0 Å². The molecule has 3 aromatic rings. The van der Waals surface area contributed by atoms with Crippen molar-refractivity contribution in [2.75, 3.05) is 59.7 Å². The number of halogens is 1. The van der Waals surface area contributed by atoms with Gasteiger partial charge in [0.15, 0.2) is 5.82 Å². The number of para-hydroxylation sites is 1. The lowest BCUT2D eigenvalue weighted by Gasteiger charge is -2.32. The second kappa shape index (κ2) is 11.6. The molecule has 0 aliphatic carbocycles. The first-order valence-electron chi connectivity index (χ1n) is 12.0. The fraction of sp³-hybridized carbons (Fsp3) is 0.346. The molecule has 10 nitrogen and oxygen atoms in total. The lowest BCUT2D eigenvalue weighted by Crippen LogP contribution is -2.47. The Labute approximate surface area is 228 Å². The first kappa shape index (κ1) is 27.8.